The van der Waals surface area contributed by atoms with Crippen LogP contribution in [-0.4, -0.2) is 22.7 Å². The Morgan fingerprint density at radius 3 is 2.80 bits per heavy atom. The van der Waals surface area contributed by atoms with Crippen LogP contribution >= 0.6 is 23.1 Å². The van der Waals surface area contributed by atoms with Crippen molar-refractivity contribution in [3.63, 3.8) is 0 Å². The van der Waals surface area contributed by atoms with Gasteiger partial charge in [0.05, 0.1) is 15.7 Å². The summed E-state index contributed by atoms with van der Waals surface area (Å²) >= 11 is 2.91. The summed E-state index contributed by atoms with van der Waals surface area (Å²) in [4.78, 5) is 15.5. The third-order valence-electron chi connectivity index (χ3n) is 1.55. The number of rotatable bonds is 4. The summed E-state index contributed by atoms with van der Waals surface area (Å²) < 4.78 is 1.02. The standard InChI is InChI=1S/C9H15N3OS2/c1-5(2)11-7(13)4-14-8-6(3)12-9(10)15-8/h5H,4H2,1-3H3,(H2,10,12)(H,11,13). The summed E-state index contributed by atoms with van der Waals surface area (Å²) in [7, 11) is 0. The van der Waals surface area contributed by atoms with Gasteiger partial charge in [-0.05, 0) is 20.8 Å². The van der Waals surface area contributed by atoms with Crippen molar-refractivity contribution in [2.75, 3.05) is 11.5 Å². The average Bonchev–Trinajstić information content (AvgIpc) is 2.40. The van der Waals surface area contributed by atoms with Crippen molar-refractivity contribution in [3.05, 3.63) is 5.69 Å². The summed E-state index contributed by atoms with van der Waals surface area (Å²) in [5.41, 5.74) is 6.46. The number of thioether (sulfide) groups is 1. The SMILES string of the molecule is Cc1nc(N)sc1SCC(=O)NC(C)C. The zero-order valence-electron chi connectivity index (χ0n) is 9.03. The fraction of sp³-hybridized carbons (Fsp3) is 0.556. The number of nitrogens with zero attached hydrogens (tertiary/aromatic N) is 1. The van der Waals surface area contributed by atoms with E-state index < -0.39 is 0 Å². The Balaban J connectivity index is 2.43. The Labute approximate surface area is 97.7 Å². The van der Waals surface area contributed by atoms with Crippen molar-refractivity contribution in [1.82, 2.24) is 10.3 Å². The highest BCUT2D eigenvalue weighted by Gasteiger charge is 2.09. The summed E-state index contributed by atoms with van der Waals surface area (Å²) in [6, 6.07) is 0.186. The van der Waals surface area contributed by atoms with Crippen LogP contribution in [0.2, 0.25) is 0 Å². The highest BCUT2D eigenvalue weighted by atomic mass is 32.2. The second-order valence-electron chi connectivity index (χ2n) is 3.44. The third kappa shape index (κ3) is 4.09. The van der Waals surface area contributed by atoms with Crippen LogP contribution in [0.1, 0.15) is 19.5 Å². The largest absolute Gasteiger partial charge is 0.375 e. The van der Waals surface area contributed by atoms with Gasteiger partial charge < -0.3 is 11.1 Å². The Hall–Kier alpha value is -0.750. The van der Waals surface area contributed by atoms with Crippen LogP contribution in [-0.2, 0) is 4.79 Å². The Morgan fingerprint density at radius 2 is 2.33 bits per heavy atom. The third-order valence-corrected chi connectivity index (χ3v) is 3.90. The number of hydrogen-bond acceptors (Lipinski definition) is 5. The molecule has 0 aliphatic carbocycles. The molecule has 1 amide bonds. The topological polar surface area (TPSA) is 68.0 Å². The van der Waals surface area contributed by atoms with Gasteiger partial charge in [-0.25, -0.2) is 4.98 Å². The van der Waals surface area contributed by atoms with Gasteiger partial charge in [0.15, 0.2) is 5.13 Å². The molecular weight excluding hydrogens is 230 g/mol. The van der Waals surface area contributed by atoms with Crippen LogP contribution in [0.3, 0.4) is 0 Å². The lowest BCUT2D eigenvalue weighted by Crippen LogP contribution is -2.31. The number of aromatic nitrogens is 1. The summed E-state index contributed by atoms with van der Waals surface area (Å²) in [5.74, 6) is 0.460. The van der Waals surface area contributed by atoms with Gasteiger partial charge in [0.2, 0.25) is 5.91 Å². The molecule has 15 heavy (non-hydrogen) atoms. The predicted molar refractivity (Wildman–Crippen MR) is 65.3 cm³/mol. The zero-order chi connectivity index (χ0) is 11.4. The molecule has 0 unspecified atom stereocenters. The van der Waals surface area contributed by atoms with Gasteiger partial charge in [-0.3, -0.25) is 4.79 Å². The molecule has 1 heterocycles. The first-order valence-electron chi connectivity index (χ1n) is 4.64. The van der Waals surface area contributed by atoms with Crippen molar-refractivity contribution in [1.29, 1.82) is 0 Å². The minimum atomic E-state index is 0.0429. The molecule has 4 nitrogen and oxygen atoms in total. The molecule has 0 aliphatic heterocycles. The van der Waals surface area contributed by atoms with Gasteiger partial charge in [-0.2, -0.15) is 0 Å². The lowest BCUT2D eigenvalue weighted by Gasteiger charge is -2.06. The number of carbonyl (C=O) groups is 1. The molecule has 0 fully saturated rings. The summed E-state index contributed by atoms with van der Waals surface area (Å²) in [6.45, 7) is 5.78. The molecule has 0 atom stereocenters. The molecule has 1 rings (SSSR count). The van der Waals surface area contributed by atoms with E-state index in [2.05, 4.69) is 10.3 Å². The van der Waals surface area contributed by atoms with Crippen LogP contribution < -0.4 is 11.1 Å². The highest BCUT2D eigenvalue weighted by molar-refractivity contribution is 8.01. The first kappa shape index (κ1) is 12.3. The van der Waals surface area contributed by atoms with Crippen molar-refractivity contribution in [3.8, 4) is 0 Å². The van der Waals surface area contributed by atoms with E-state index in [0.29, 0.717) is 10.9 Å². The monoisotopic (exact) mass is 245 g/mol. The number of nitrogens with one attached hydrogen (secondary N) is 1. The molecule has 0 spiro atoms. The maximum absolute atomic E-state index is 11.4. The van der Waals surface area contributed by atoms with E-state index in [1.807, 2.05) is 20.8 Å². The molecule has 0 radical (unpaired) electrons. The normalized spacial score (nSPS) is 10.7. The highest BCUT2D eigenvalue weighted by Crippen LogP contribution is 2.30. The minimum absolute atomic E-state index is 0.0429. The van der Waals surface area contributed by atoms with Gasteiger partial charge in [0.25, 0.3) is 0 Å². The maximum Gasteiger partial charge on any atom is 0.230 e. The number of thiazole rings is 1. The van der Waals surface area contributed by atoms with Gasteiger partial charge in [0, 0.05) is 6.04 Å². The number of hydrogen-bond donors (Lipinski definition) is 2. The molecule has 0 saturated carbocycles. The number of aryl methyl sites for hydroxylation is 1. The van der Waals surface area contributed by atoms with Crippen LogP contribution in [0, 0.1) is 6.92 Å². The number of nitrogen functional groups attached to an aromatic ring is 1. The molecule has 1 aromatic rings. The second kappa shape index (κ2) is 5.37. The molecule has 0 aromatic carbocycles. The van der Waals surface area contributed by atoms with Crippen molar-refractivity contribution >= 4 is 34.1 Å². The van der Waals surface area contributed by atoms with E-state index in [4.69, 9.17) is 5.73 Å². The van der Waals surface area contributed by atoms with Gasteiger partial charge >= 0.3 is 0 Å². The Morgan fingerprint density at radius 1 is 1.67 bits per heavy atom. The Kier molecular flexibility index (Phi) is 4.41. The average molecular weight is 245 g/mol. The number of carbonyl (C=O) groups excluding carboxylic acids is 1. The molecular formula is C9H15N3OS2. The van der Waals surface area contributed by atoms with E-state index >= 15 is 0 Å². The van der Waals surface area contributed by atoms with Gasteiger partial charge in [0.1, 0.15) is 0 Å². The predicted octanol–water partition coefficient (Wildman–Crippen LogP) is 1.65. The van der Waals surface area contributed by atoms with Crippen molar-refractivity contribution in [2.24, 2.45) is 0 Å². The van der Waals surface area contributed by atoms with Crippen LogP contribution in [0.25, 0.3) is 0 Å². The molecule has 84 valence electrons. The molecule has 0 aliphatic rings. The van der Waals surface area contributed by atoms with Crippen molar-refractivity contribution < 1.29 is 4.79 Å². The molecule has 3 N–H and O–H groups in total. The van der Waals surface area contributed by atoms with Crippen LogP contribution in [0.15, 0.2) is 4.21 Å². The number of anilines is 1. The first-order valence-corrected chi connectivity index (χ1v) is 6.44. The Bertz CT molecular complexity index is 349. The molecule has 1 aromatic heterocycles. The summed E-state index contributed by atoms with van der Waals surface area (Å²) in [5, 5.41) is 3.39. The number of amides is 1. The summed E-state index contributed by atoms with van der Waals surface area (Å²) in [6.07, 6.45) is 0. The van der Waals surface area contributed by atoms with E-state index in [1.54, 1.807) is 0 Å². The van der Waals surface area contributed by atoms with Crippen LogP contribution in [0.4, 0.5) is 5.13 Å². The first-order chi connectivity index (χ1) is 6.99. The van der Waals surface area contributed by atoms with Crippen molar-refractivity contribution in [2.45, 2.75) is 31.0 Å². The lowest BCUT2D eigenvalue weighted by atomic mass is 10.4. The molecule has 6 heteroatoms. The maximum atomic E-state index is 11.4. The smallest absolute Gasteiger partial charge is 0.230 e. The quantitative estimate of drug-likeness (QED) is 0.791. The van der Waals surface area contributed by atoms with Crippen LogP contribution in [0.5, 0.6) is 0 Å². The lowest BCUT2D eigenvalue weighted by molar-refractivity contribution is -0.119. The minimum Gasteiger partial charge on any atom is -0.375 e. The van der Waals surface area contributed by atoms with E-state index in [0.717, 1.165) is 9.90 Å². The van der Waals surface area contributed by atoms with Gasteiger partial charge in [-0.1, -0.05) is 11.3 Å². The van der Waals surface area contributed by atoms with Gasteiger partial charge in [-0.15, -0.1) is 11.8 Å². The second-order valence-corrected chi connectivity index (χ2v) is 5.71. The van der Waals surface area contributed by atoms with E-state index in [9.17, 15) is 4.79 Å². The molecule has 0 saturated heterocycles. The molecule has 0 bridgehead atoms. The van der Waals surface area contributed by atoms with E-state index in [-0.39, 0.29) is 11.9 Å². The zero-order valence-corrected chi connectivity index (χ0v) is 10.7. The fourth-order valence-corrected chi connectivity index (χ4v) is 2.87. The number of nitrogens with two attached hydrogens (primary N) is 1. The fourth-order valence-electron chi connectivity index (χ4n) is 1.03. The van der Waals surface area contributed by atoms with E-state index in [1.165, 1.54) is 23.1 Å².